The Kier molecular flexibility index (Phi) is 9.31. The summed E-state index contributed by atoms with van der Waals surface area (Å²) >= 11 is 11.4. The molecule has 1 aliphatic heterocycles. The molecule has 1 aliphatic rings. The second-order valence-corrected chi connectivity index (χ2v) is 7.56. The van der Waals surface area contributed by atoms with Gasteiger partial charge in [0, 0.05) is 24.8 Å². The highest BCUT2D eigenvalue weighted by molar-refractivity contribution is 7.80. The molecule has 0 aromatic heterocycles. The summed E-state index contributed by atoms with van der Waals surface area (Å²) in [5.41, 5.74) is 1.05. The molecule has 0 spiro atoms. The molecule has 0 radical (unpaired) electrons. The van der Waals surface area contributed by atoms with Crippen molar-refractivity contribution in [2.45, 2.75) is 52.0 Å². The van der Waals surface area contributed by atoms with Gasteiger partial charge < -0.3 is 20.3 Å². The molecule has 150 valence electrons. The van der Waals surface area contributed by atoms with Crippen LogP contribution in [0, 0.1) is 0 Å². The minimum Gasteiger partial charge on any atom is -0.462 e. The summed E-state index contributed by atoms with van der Waals surface area (Å²) in [6, 6.07) is 5.85. The first-order valence-corrected chi connectivity index (χ1v) is 10.6. The van der Waals surface area contributed by atoms with Crippen LogP contribution in [0.2, 0.25) is 5.02 Å². The molecule has 1 aromatic carbocycles. The van der Waals surface area contributed by atoms with Gasteiger partial charge >= 0.3 is 5.97 Å². The molecule has 1 aromatic rings. The number of piperidine rings is 1. The van der Waals surface area contributed by atoms with E-state index in [0.29, 0.717) is 28.0 Å². The Bertz CT molecular complexity index is 642. The van der Waals surface area contributed by atoms with Crippen molar-refractivity contribution in [2.24, 2.45) is 0 Å². The smallest absolute Gasteiger partial charge is 0.339 e. The number of anilines is 1. The van der Waals surface area contributed by atoms with Gasteiger partial charge in [-0.1, -0.05) is 24.9 Å². The normalized spacial score (nSPS) is 17.4. The number of thiocarbonyl (C=S) groups is 1. The lowest BCUT2D eigenvalue weighted by Crippen LogP contribution is -2.40. The van der Waals surface area contributed by atoms with Crippen LogP contribution in [0.1, 0.15) is 56.3 Å². The standard InChI is InChI=1S/C20H30ClN3O2S/c1-3-16-8-5-6-12-24(16)13-7-11-22-20(27)23-15-9-10-18(21)17(14-15)19(25)26-4-2/h9-10,14,16H,3-8,11-13H2,1-2H3,(H2,22,23,27)/t16-/m0/s1. The maximum Gasteiger partial charge on any atom is 0.339 e. The van der Waals surface area contributed by atoms with Gasteiger partial charge in [0.2, 0.25) is 0 Å². The van der Waals surface area contributed by atoms with Gasteiger partial charge in [0.1, 0.15) is 0 Å². The highest BCUT2D eigenvalue weighted by atomic mass is 35.5. The van der Waals surface area contributed by atoms with Gasteiger partial charge in [-0.3, -0.25) is 0 Å². The van der Waals surface area contributed by atoms with Crippen LogP contribution >= 0.6 is 23.8 Å². The first kappa shape index (κ1) is 21.9. The summed E-state index contributed by atoms with van der Waals surface area (Å²) in [6.07, 6.45) is 6.27. The van der Waals surface area contributed by atoms with E-state index in [1.54, 1.807) is 25.1 Å². The zero-order valence-electron chi connectivity index (χ0n) is 16.2. The van der Waals surface area contributed by atoms with Crippen LogP contribution in [0.25, 0.3) is 0 Å². The first-order valence-electron chi connectivity index (χ1n) is 9.80. The van der Waals surface area contributed by atoms with E-state index in [1.165, 1.54) is 32.2 Å². The second-order valence-electron chi connectivity index (χ2n) is 6.74. The number of nitrogens with one attached hydrogen (secondary N) is 2. The monoisotopic (exact) mass is 411 g/mol. The average molecular weight is 412 g/mol. The van der Waals surface area contributed by atoms with E-state index in [-0.39, 0.29) is 0 Å². The topological polar surface area (TPSA) is 53.6 Å². The number of nitrogens with zero attached hydrogens (tertiary/aromatic N) is 1. The third kappa shape index (κ3) is 6.94. The zero-order valence-corrected chi connectivity index (χ0v) is 17.8. The van der Waals surface area contributed by atoms with Crippen molar-refractivity contribution < 1.29 is 9.53 Å². The lowest BCUT2D eigenvalue weighted by molar-refractivity contribution is 0.0526. The third-order valence-corrected chi connectivity index (χ3v) is 5.42. The summed E-state index contributed by atoms with van der Waals surface area (Å²) in [5, 5.41) is 7.25. The Morgan fingerprint density at radius 3 is 2.93 bits per heavy atom. The Hall–Kier alpha value is -1.37. The van der Waals surface area contributed by atoms with Crippen LogP contribution < -0.4 is 10.6 Å². The maximum absolute atomic E-state index is 11.9. The summed E-state index contributed by atoms with van der Waals surface area (Å²) in [5.74, 6) is -0.433. The Morgan fingerprint density at radius 2 is 2.19 bits per heavy atom. The van der Waals surface area contributed by atoms with Gasteiger partial charge in [-0.05, 0) is 69.6 Å². The number of carbonyl (C=O) groups excluding carboxylic acids is 1. The molecule has 0 saturated carbocycles. The molecule has 1 heterocycles. The van der Waals surface area contributed by atoms with Crippen LogP contribution in [0.4, 0.5) is 5.69 Å². The van der Waals surface area contributed by atoms with Gasteiger partial charge in [0.15, 0.2) is 5.11 Å². The SMILES string of the molecule is CCOC(=O)c1cc(NC(=S)NCCCN2CCCC[C@@H]2CC)ccc1Cl. The van der Waals surface area contributed by atoms with Crippen molar-refractivity contribution in [2.75, 3.05) is 31.6 Å². The fourth-order valence-electron chi connectivity index (χ4n) is 3.44. The second kappa shape index (κ2) is 11.5. The highest BCUT2D eigenvalue weighted by Gasteiger charge is 2.19. The summed E-state index contributed by atoms with van der Waals surface area (Å²) in [6.45, 7) is 7.47. The molecule has 7 heteroatoms. The van der Waals surface area contributed by atoms with Crippen molar-refractivity contribution in [1.82, 2.24) is 10.2 Å². The third-order valence-electron chi connectivity index (χ3n) is 4.85. The number of benzene rings is 1. The fourth-order valence-corrected chi connectivity index (χ4v) is 3.86. The van der Waals surface area contributed by atoms with Crippen LogP contribution in [0.15, 0.2) is 18.2 Å². The summed E-state index contributed by atoms with van der Waals surface area (Å²) < 4.78 is 5.02. The zero-order chi connectivity index (χ0) is 19.6. The van der Waals surface area contributed by atoms with E-state index >= 15 is 0 Å². The van der Waals surface area contributed by atoms with Gasteiger partial charge in [-0.15, -0.1) is 0 Å². The number of esters is 1. The van der Waals surface area contributed by atoms with E-state index in [4.69, 9.17) is 28.6 Å². The lowest BCUT2D eigenvalue weighted by atomic mass is 10.00. The molecule has 1 atom stereocenters. The fraction of sp³-hybridized carbons (Fsp3) is 0.600. The van der Waals surface area contributed by atoms with E-state index in [9.17, 15) is 4.79 Å². The molecular weight excluding hydrogens is 382 g/mol. The maximum atomic E-state index is 11.9. The van der Waals surface area contributed by atoms with E-state index < -0.39 is 5.97 Å². The van der Waals surface area contributed by atoms with Crippen molar-refractivity contribution in [3.05, 3.63) is 28.8 Å². The van der Waals surface area contributed by atoms with Crippen LogP contribution in [0.3, 0.4) is 0 Å². The van der Waals surface area contributed by atoms with Gasteiger partial charge in [-0.25, -0.2) is 4.79 Å². The minimum atomic E-state index is -0.433. The molecule has 27 heavy (non-hydrogen) atoms. The molecule has 0 bridgehead atoms. The van der Waals surface area contributed by atoms with Crippen LogP contribution in [0.5, 0.6) is 0 Å². The minimum absolute atomic E-state index is 0.308. The molecule has 5 nitrogen and oxygen atoms in total. The molecular formula is C20H30ClN3O2S. The van der Waals surface area contributed by atoms with Crippen molar-refractivity contribution in [3.63, 3.8) is 0 Å². The lowest BCUT2D eigenvalue weighted by Gasteiger charge is -2.35. The number of hydrogen-bond donors (Lipinski definition) is 2. The van der Waals surface area contributed by atoms with E-state index in [2.05, 4.69) is 22.5 Å². The summed E-state index contributed by atoms with van der Waals surface area (Å²) in [4.78, 5) is 14.5. The number of carbonyl (C=O) groups is 1. The van der Waals surface area contributed by atoms with Gasteiger partial charge in [0.05, 0.1) is 17.2 Å². The Morgan fingerprint density at radius 1 is 1.37 bits per heavy atom. The first-order chi connectivity index (χ1) is 13.0. The number of rotatable bonds is 8. The molecule has 1 fully saturated rings. The quantitative estimate of drug-likeness (QED) is 0.374. The highest BCUT2D eigenvalue weighted by Crippen LogP contribution is 2.22. The largest absolute Gasteiger partial charge is 0.462 e. The van der Waals surface area contributed by atoms with Gasteiger partial charge in [-0.2, -0.15) is 0 Å². The van der Waals surface area contributed by atoms with E-state index in [1.807, 2.05) is 0 Å². The predicted octanol–water partition coefficient (Wildman–Crippen LogP) is 4.46. The van der Waals surface area contributed by atoms with Crippen molar-refractivity contribution >= 4 is 40.6 Å². The Balaban J connectivity index is 1.77. The van der Waals surface area contributed by atoms with Gasteiger partial charge in [0.25, 0.3) is 0 Å². The molecule has 0 amide bonds. The molecule has 2 rings (SSSR count). The summed E-state index contributed by atoms with van der Waals surface area (Å²) in [7, 11) is 0. The molecule has 0 unspecified atom stereocenters. The number of halogens is 1. The predicted molar refractivity (Wildman–Crippen MR) is 116 cm³/mol. The van der Waals surface area contributed by atoms with Crippen molar-refractivity contribution in [3.8, 4) is 0 Å². The average Bonchev–Trinajstić information content (AvgIpc) is 2.67. The van der Waals surface area contributed by atoms with Crippen LogP contribution in [-0.2, 0) is 4.74 Å². The van der Waals surface area contributed by atoms with Crippen molar-refractivity contribution in [1.29, 1.82) is 0 Å². The molecule has 1 saturated heterocycles. The van der Waals surface area contributed by atoms with E-state index in [0.717, 1.165) is 25.6 Å². The number of ether oxygens (including phenoxy) is 1. The number of likely N-dealkylation sites (tertiary alicyclic amines) is 1. The van der Waals surface area contributed by atoms with Crippen LogP contribution in [-0.4, -0.2) is 48.3 Å². The Labute approximate surface area is 172 Å². The number of hydrogen-bond acceptors (Lipinski definition) is 4. The molecule has 0 aliphatic carbocycles. The molecule has 2 N–H and O–H groups in total.